The van der Waals surface area contributed by atoms with Gasteiger partial charge in [-0.05, 0) is 61.1 Å². The average Bonchev–Trinajstić information content (AvgIpc) is 3.51. The van der Waals surface area contributed by atoms with Crippen molar-refractivity contribution in [2.24, 2.45) is 5.92 Å². The van der Waals surface area contributed by atoms with Gasteiger partial charge in [0, 0.05) is 37.0 Å². The molecule has 2 fully saturated rings. The van der Waals surface area contributed by atoms with Crippen molar-refractivity contribution in [3.8, 4) is 0 Å². The molecule has 2 aliphatic rings. The van der Waals surface area contributed by atoms with Gasteiger partial charge in [-0.3, -0.25) is 9.78 Å². The first-order valence-electron chi connectivity index (χ1n) is 8.68. The number of hydrogen-bond acceptors (Lipinski definition) is 3. The SMILES string of the molecule is CC1CC1c1ccc(/C=C/C(=O)N(Cc2ccncc2)C2CC2)o1. The highest BCUT2D eigenvalue weighted by molar-refractivity contribution is 5.91. The number of furan rings is 1. The van der Waals surface area contributed by atoms with Gasteiger partial charge in [0.1, 0.15) is 11.5 Å². The Morgan fingerprint density at radius 1 is 1.29 bits per heavy atom. The summed E-state index contributed by atoms with van der Waals surface area (Å²) in [5, 5.41) is 0. The summed E-state index contributed by atoms with van der Waals surface area (Å²) >= 11 is 0. The number of rotatable bonds is 6. The molecule has 2 aromatic heterocycles. The zero-order valence-corrected chi connectivity index (χ0v) is 13.9. The molecule has 4 heteroatoms. The Labute approximate surface area is 142 Å². The number of aromatic nitrogens is 1. The third-order valence-corrected chi connectivity index (χ3v) is 4.89. The van der Waals surface area contributed by atoms with E-state index in [1.54, 1.807) is 24.5 Å². The minimum absolute atomic E-state index is 0.0482. The normalized spacial score (nSPS) is 22.7. The molecule has 2 unspecified atom stereocenters. The molecule has 24 heavy (non-hydrogen) atoms. The van der Waals surface area contributed by atoms with Gasteiger partial charge in [0.2, 0.25) is 5.91 Å². The van der Waals surface area contributed by atoms with Gasteiger partial charge in [-0.1, -0.05) is 6.92 Å². The van der Waals surface area contributed by atoms with Crippen LogP contribution in [0.15, 0.2) is 47.2 Å². The van der Waals surface area contributed by atoms with E-state index < -0.39 is 0 Å². The predicted molar refractivity (Wildman–Crippen MR) is 92.1 cm³/mol. The van der Waals surface area contributed by atoms with Crippen molar-refractivity contribution >= 4 is 12.0 Å². The summed E-state index contributed by atoms with van der Waals surface area (Å²) < 4.78 is 5.84. The number of carbonyl (C=O) groups is 1. The zero-order valence-electron chi connectivity index (χ0n) is 13.9. The fraction of sp³-hybridized carbons (Fsp3) is 0.400. The summed E-state index contributed by atoms with van der Waals surface area (Å²) in [6.45, 7) is 2.87. The molecule has 0 N–H and O–H groups in total. The molecule has 4 rings (SSSR count). The largest absolute Gasteiger partial charge is 0.461 e. The van der Waals surface area contributed by atoms with E-state index >= 15 is 0 Å². The maximum atomic E-state index is 12.6. The first kappa shape index (κ1) is 15.2. The summed E-state index contributed by atoms with van der Waals surface area (Å²) in [7, 11) is 0. The molecule has 2 aliphatic carbocycles. The predicted octanol–water partition coefficient (Wildman–Crippen LogP) is 4.00. The van der Waals surface area contributed by atoms with Crippen LogP contribution in [-0.2, 0) is 11.3 Å². The van der Waals surface area contributed by atoms with Gasteiger partial charge < -0.3 is 9.32 Å². The molecule has 1 amide bonds. The molecule has 2 atom stereocenters. The molecule has 0 radical (unpaired) electrons. The highest BCUT2D eigenvalue weighted by Crippen LogP contribution is 2.47. The van der Waals surface area contributed by atoms with E-state index in [-0.39, 0.29) is 5.91 Å². The number of nitrogens with zero attached hydrogens (tertiary/aromatic N) is 2. The summed E-state index contributed by atoms with van der Waals surface area (Å²) in [5.74, 6) is 3.15. The second kappa shape index (κ2) is 6.27. The lowest BCUT2D eigenvalue weighted by atomic mass is 10.2. The monoisotopic (exact) mass is 322 g/mol. The van der Waals surface area contributed by atoms with Crippen molar-refractivity contribution in [3.05, 3.63) is 59.8 Å². The minimum atomic E-state index is 0.0482. The fourth-order valence-corrected chi connectivity index (χ4v) is 3.08. The lowest BCUT2D eigenvalue weighted by molar-refractivity contribution is -0.127. The molecule has 0 aromatic carbocycles. The van der Waals surface area contributed by atoms with Gasteiger partial charge in [-0.15, -0.1) is 0 Å². The summed E-state index contributed by atoms with van der Waals surface area (Å²) in [5.41, 5.74) is 1.11. The first-order chi connectivity index (χ1) is 11.7. The quantitative estimate of drug-likeness (QED) is 0.755. The van der Waals surface area contributed by atoms with Crippen LogP contribution < -0.4 is 0 Å². The van der Waals surface area contributed by atoms with Gasteiger partial charge in [-0.2, -0.15) is 0 Å². The molecule has 0 aliphatic heterocycles. The van der Waals surface area contributed by atoms with Crippen molar-refractivity contribution in [2.45, 2.75) is 44.7 Å². The van der Waals surface area contributed by atoms with E-state index in [9.17, 15) is 4.79 Å². The second-order valence-electron chi connectivity index (χ2n) is 6.95. The average molecular weight is 322 g/mol. The molecule has 4 nitrogen and oxygen atoms in total. The van der Waals surface area contributed by atoms with Crippen LogP contribution in [0, 0.1) is 5.92 Å². The van der Waals surface area contributed by atoms with Gasteiger partial charge >= 0.3 is 0 Å². The van der Waals surface area contributed by atoms with E-state index in [1.165, 1.54) is 6.42 Å². The van der Waals surface area contributed by atoms with Crippen LogP contribution in [-0.4, -0.2) is 21.8 Å². The molecular formula is C20H22N2O2. The standard InChI is InChI=1S/C20H22N2O2/c1-14-12-18(14)19-6-4-17(24-19)5-7-20(23)22(16-2-3-16)13-15-8-10-21-11-9-15/h4-11,14,16,18H,2-3,12-13H2,1H3/b7-5+. The fourth-order valence-electron chi connectivity index (χ4n) is 3.08. The number of hydrogen-bond donors (Lipinski definition) is 0. The van der Waals surface area contributed by atoms with Gasteiger partial charge in [0.15, 0.2) is 0 Å². The maximum Gasteiger partial charge on any atom is 0.247 e. The lowest BCUT2D eigenvalue weighted by Gasteiger charge is -2.20. The molecule has 0 saturated heterocycles. The Hall–Kier alpha value is -2.36. The Morgan fingerprint density at radius 3 is 2.71 bits per heavy atom. The van der Waals surface area contributed by atoms with Crippen LogP contribution in [0.2, 0.25) is 0 Å². The maximum absolute atomic E-state index is 12.6. The third kappa shape index (κ3) is 3.42. The lowest BCUT2D eigenvalue weighted by Crippen LogP contribution is -2.31. The summed E-state index contributed by atoms with van der Waals surface area (Å²) in [6, 6.07) is 8.28. The molecule has 0 spiro atoms. The smallest absolute Gasteiger partial charge is 0.247 e. The topological polar surface area (TPSA) is 46.3 Å². The van der Waals surface area contributed by atoms with E-state index in [2.05, 4.69) is 11.9 Å². The Bertz CT molecular complexity index is 746. The third-order valence-electron chi connectivity index (χ3n) is 4.89. The first-order valence-corrected chi connectivity index (χ1v) is 8.68. The Balaban J connectivity index is 1.42. The van der Waals surface area contributed by atoms with Gasteiger partial charge in [-0.25, -0.2) is 0 Å². The van der Waals surface area contributed by atoms with E-state index in [4.69, 9.17) is 4.42 Å². The van der Waals surface area contributed by atoms with Crippen molar-refractivity contribution in [3.63, 3.8) is 0 Å². The molecule has 124 valence electrons. The number of amides is 1. The van der Waals surface area contributed by atoms with Crippen LogP contribution in [0.1, 0.15) is 49.2 Å². The minimum Gasteiger partial charge on any atom is -0.461 e. The summed E-state index contributed by atoms with van der Waals surface area (Å²) in [6.07, 6.45) is 10.4. The molecule has 2 saturated carbocycles. The molecular weight excluding hydrogens is 300 g/mol. The van der Waals surface area contributed by atoms with Crippen molar-refractivity contribution < 1.29 is 9.21 Å². The molecule has 2 aromatic rings. The number of carbonyl (C=O) groups excluding carboxylic acids is 1. The van der Waals surface area contributed by atoms with Crippen LogP contribution >= 0.6 is 0 Å². The van der Waals surface area contributed by atoms with Crippen LogP contribution in [0.5, 0.6) is 0 Å². The van der Waals surface area contributed by atoms with Crippen molar-refractivity contribution in [1.29, 1.82) is 0 Å². The summed E-state index contributed by atoms with van der Waals surface area (Å²) in [4.78, 5) is 18.6. The van der Waals surface area contributed by atoms with E-state index in [1.807, 2.05) is 29.2 Å². The number of pyridine rings is 1. The van der Waals surface area contributed by atoms with Crippen molar-refractivity contribution in [2.75, 3.05) is 0 Å². The van der Waals surface area contributed by atoms with E-state index in [0.29, 0.717) is 18.5 Å². The highest BCUT2D eigenvalue weighted by atomic mass is 16.3. The van der Waals surface area contributed by atoms with Crippen molar-refractivity contribution in [1.82, 2.24) is 9.88 Å². The van der Waals surface area contributed by atoms with Crippen LogP contribution in [0.25, 0.3) is 6.08 Å². The van der Waals surface area contributed by atoms with E-state index in [0.717, 1.165) is 35.8 Å². The Kier molecular flexibility index (Phi) is 3.97. The van der Waals surface area contributed by atoms with Crippen LogP contribution in [0.4, 0.5) is 0 Å². The zero-order chi connectivity index (χ0) is 16.5. The second-order valence-corrected chi connectivity index (χ2v) is 6.95. The van der Waals surface area contributed by atoms with Gasteiger partial charge in [0.05, 0.1) is 0 Å². The van der Waals surface area contributed by atoms with Gasteiger partial charge in [0.25, 0.3) is 0 Å². The Morgan fingerprint density at radius 2 is 2.04 bits per heavy atom. The highest BCUT2D eigenvalue weighted by Gasteiger charge is 2.36. The molecule has 2 heterocycles. The molecule has 0 bridgehead atoms. The van der Waals surface area contributed by atoms with Crippen LogP contribution in [0.3, 0.4) is 0 Å².